The maximum absolute atomic E-state index is 14.1. The lowest BCUT2D eigenvalue weighted by atomic mass is 9.89. The highest BCUT2D eigenvalue weighted by molar-refractivity contribution is 5.90. The number of aliphatic hydroxyl groups is 1. The molecule has 3 unspecified atom stereocenters. The molecular weight excluding hydrogens is 650 g/mol. The van der Waals surface area contributed by atoms with Crippen LogP contribution >= 0.6 is 0 Å². The van der Waals surface area contributed by atoms with Gasteiger partial charge in [0, 0.05) is 27.8 Å². The molecule has 10 atom stereocenters. The molecule has 12 heteroatoms. The average Bonchev–Trinajstić information content (AvgIpc) is 3.59. The molecule has 4 N–H and O–H groups in total. The fourth-order valence-corrected chi connectivity index (χ4v) is 7.42. The van der Waals surface area contributed by atoms with Crippen LogP contribution in [0.3, 0.4) is 0 Å². The molecule has 1 aromatic rings. The lowest BCUT2D eigenvalue weighted by Gasteiger charge is -2.41. The highest BCUT2D eigenvalue weighted by atomic mass is 16.5. The number of methoxy groups -OCH3 is 2. The van der Waals surface area contributed by atoms with Crippen molar-refractivity contribution in [1.82, 2.24) is 25.8 Å². The topological polar surface area (TPSA) is 150 Å². The summed E-state index contributed by atoms with van der Waals surface area (Å²) in [6.45, 7) is 15.9. The van der Waals surface area contributed by atoms with Crippen LogP contribution in [-0.2, 0) is 28.7 Å². The summed E-state index contributed by atoms with van der Waals surface area (Å²) in [7, 11) is 6.57. The van der Waals surface area contributed by atoms with E-state index >= 15 is 0 Å². The van der Waals surface area contributed by atoms with Crippen LogP contribution in [-0.4, -0.2) is 116 Å². The number of likely N-dealkylation sites (N-methyl/N-ethyl adjacent to an activating group) is 2. The van der Waals surface area contributed by atoms with E-state index in [2.05, 4.69) is 16.0 Å². The zero-order valence-corrected chi connectivity index (χ0v) is 33.1. The fraction of sp³-hybridized carbons (Fsp3) is 0.744. The van der Waals surface area contributed by atoms with Gasteiger partial charge in [0.05, 0.1) is 54.8 Å². The smallest absolute Gasteiger partial charge is 0.245 e. The number of hydrogen-bond donors (Lipinski definition) is 4. The molecule has 0 spiro atoms. The van der Waals surface area contributed by atoms with Crippen LogP contribution in [0.5, 0.6) is 0 Å². The van der Waals surface area contributed by atoms with Gasteiger partial charge >= 0.3 is 0 Å². The Balaban J connectivity index is 2.24. The van der Waals surface area contributed by atoms with Gasteiger partial charge in [0.1, 0.15) is 6.04 Å². The Morgan fingerprint density at radius 1 is 0.922 bits per heavy atom. The van der Waals surface area contributed by atoms with Crippen molar-refractivity contribution in [3.05, 3.63) is 35.9 Å². The van der Waals surface area contributed by atoms with Gasteiger partial charge in [0.15, 0.2) is 0 Å². The van der Waals surface area contributed by atoms with Crippen molar-refractivity contribution in [1.29, 1.82) is 0 Å². The second-order valence-electron chi connectivity index (χ2n) is 15.0. The Hall–Kier alpha value is -3.06. The summed E-state index contributed by atoms with van der Waals surface area (Å²) >= 11 is 0. The SMILES string of the molecule is CCC(C)[C@@H](C(CC(=O)N1CCC[C@H]1[C@H](OC)[C@@H](C)C(=O)N[C@H](C)[C@@H](O)c1ccccc1)OC)N(C)C(=O)[C@@H](NC(=O)C(NC)C(C)C)C(C)C. The van der Waals surface area contributed by atoms with Crippen LogP contribution in [0.4, 0.5) is 0 Å². The molecule has 12 nitrogen and oxygen atoms in total. The normalized spacial score (nSPS) is 20.1. The first-order valence-electron chi connectivity index (χ1n) is 18.7. The molecule has 0 radical (unpaired) electrons. The number of amides is 4. The number of aliphatic hydroxyl groups excluding tert-OH is 1. The molecule has 1 saturated heterocycles. The predicted molar refractivity (Wildman–Crippen MR) is 200 cm³/mol. The van der Waals surface area contributed by atoms with Gasteiger partial charge in [-0.15, -0.1) is 0 Å². The molecule has 51 heavy (non-hydrogen) atoms. The number of nitrogens with zero attached hydrogens (tertiary/aromatic N) is 2. The first kappa shape index (κ1) is 44.1. The zero-order valence-electron chi connectivity index (χ0n) is 33.1. The van der Waals surface area contributed by atoms with Gasteiger partial charge in [-0.3, -0.25) is 19.2 Å². The third-order valence-electron chi connectivity index (χ3n) is 10.7. The van der Waals surface area contributed by atoms with Crippen molar-refractivity contribution in [2.24, 2.45) is 23.7 Å². The van der Waals surface area contributed by atoms with Crippen LogP contribution < -0.4 is 16.0 Å². The Kier molecular flexibility index (Phi) is 18.0. The third kappa shape index (κ3) is 11.5. The van der Waals surface area contributed by atoms with E-state index < -0.39 is 48.4 Å². The number of likely N-dealkylation sites (tertiary alicyclic amines) is 1. The van der Waals surface area contributed by atoms with Gasteiger partial charge in [-0.25, -0.2) is 0 Å². The highest BCUT2D eigenvalue weighted by Crippen LogP contribution is 2.30. The minimum absolute atomic E-state index is 0.0148. The van der Waals surface area contributed by atoms with E-state index in [1.807, 2.05) is 71.9 Å². The molecule has 0 bridgehead atoms. The number of carbonyl (C=O) groups excluding carboxylic acids is 4. The Morgan fingerprint density at radius 2 is 1.53 bits per heavy atom. The number of nitrogens with one attached hydrogen (secondary N) is 3. The summed E-state index contributed by atoms with van der Waals surface area (Å²) in [6.07, 6.45) is 0.147. The van der Waals surface area contributed by atoms with Crippen molar-refractivity contribution in [2.45, 2.75) is 130 Å². The summed E-state index contributed by atoms with van der Waals surface area (Å²) in [6, 6.07) is 6.67. The molecule has 290 valence electrons. The van der Waals surface area contributed by atoms with E-state index in [-0.39, 0.29) is 53.8 Å². The first-order chi connectivity index (χ1) is 24.0. The summed E-state index contributed by atoms with van der Waals surface area (Å²) in [5.41, 5.74) is 0.711. The lowest BCUT2D eigenvalue weighted by Crippen LogP contribution is -2.59. The second kappa shape index (κ2) is 20.8. The van der Waals surface area contributed by atoms with Gasteiger partial charge in [-0.1, -0.05) is 85.2 Å². The quantitative estimate of drug-likeness (QED) is 0.160. The largest absolute Gasteiger partial charge is 0.386 e. The molecule has 1 aromatic carbocycles. The summed E-state index contributed by atoms with van der Waals surface area (Å²) < 4.78 is 11.9. The molecule has 1 aliphatic rings. The Bertz CT molecular complexity index is 1250. The van der Waals surface area contributed by atoms with Gasteiger partial charge in [0.2, 0.25) is 23.6 Å². The minimum Gasteiger partial charge on any atom is -0.386 e. The molecular formula is C39H67N5O7. The number of benzene rings is 1. The van der Waals surface area contributed by atoms with Crippen molar-refractivity contribution in [3.63, 3.8) is 0 Å². The van der Waals surface area contributed by atoms with Gasteiger partial charge in [-0.2, -0.15) is 0 Å². The molecule has 0 aliphatic carbocycles. The van der Waals surface area contributed by atoms with Gasteiger partial charge in [0.25, 0.3) is 0 Å². The van der Waals surface area contributed by atoms with Crippen molar-refractivity contribution in [2.75, 3.05) is 34.9 Å². The molecule has 0 aromatic heterocycles. The van der Waals surface area contributed by atoms with E-state index in [9.17, 15) is 24.3 Å². The van der Waals surface area contributed by atoms with E-state index in [1.165, 1.54) is 0 Å². The predicted octanol–water partition coefficient (Wildman–Crippen LogP) is 3.53. The van der Waals surface area contributed by atoms with Crippen molar-refractivity contribution < 1.29 is 33.8 Å². The van der Waals surface area contributed by atoms with E-state index in [0.717, 1.165) is 12.8 Å². The first-order valence-corrected chi connectivity index (χ1v) is 18.7. The van der Waals surface area contributed by atoms with Gasteiger partial charge < -0.3 is 40.3 Å². The summed E-state index contributed by atoms with van der Waals surface area (Å²) in [5, 5.41) is 19.8. The molecule has 2 rings (SSSR count). The van der Waals surface area contributed by atoms with Crippen molar-refractivity contribution in [3.8, 4) is 0 Å². The summed E-state index contributed by atoms with van der Waals surface area (Å²) in [4.78, 5) is 58.3. The maximum Gasteiger partial charge on any atom is 0.245 e. The van der Waals surface area contributed by atoms with E-state index in [4.69, 9.17) is 9.47 Å². The van der Waals surface area contributed by atoms with Gasteiger partial charge in [-0.05, 0) is 50.1 Å². The molecule has 1 aliphatic heterocycles. The minimum atomic E-state index is -0.875. The molecule has 1 fully saturated rings. The number of ether oxygens (including phenoxy) is 2. The molecule has 4 amide bonds. The lowest BCUT2D eigenvalue weighted by molar-refractivity contribution is -0.148. The third-order valence-corrected chi connectivity index (χ3v) is 10.7. The van der Waals surface area contributed by atoms with E-state index in [1.54, 1.807) is 52.0 Å². The molecule has 0 saturated carbocycles. The van der Waals surface area contributed by atoms with Crippen LogP contribution in [0.15, 0.2) is 30.3 Å². The van der Waals surface area contributed by atoms with E-state index in [0.29, 0.717) is 18.5 Å². The van der Waals surface area contributed by atoms with Crippen molar-refractivity contribution >= 4 is 23.6 Å². The van der Waals surface area contributed by atoms with Crippen LogP contribution in [0, 0.1) is 23.7 Å². The highest BCUT2D eigenvalue weighted by Gasteiger charge is 2.43. The summed E-state index contributed by atoms with van der Waals surface area (Å²) in [5.74, 6) is -1.62. The average molecular weight is 718 g/mol. The van der Waals surface area contributed by atoms with Crippen LogP contribution in [0.25, 0.3) is 0 Å². The number of hydrogen-bond acceptors (Lipinski definition) is 8. The Morgan fingerprint density at radius 3 is 2.04 bits per heavy atom. The standard InChI is InChI=1S/C39H67N5O7/c1-13-25(6)34(43(10)39(49)33(24(4)5)42-38(48)32(40-9)23(2)3)30(50-11)22-31(45)44-21-17-20-29(44)36(51-12)26(7)37(47)41-27(8)35(46)28-18-15-14-16-19-28/h14-16,18-19,23-27,29-30,32-36,40,46H,13,17,20-22H2,1-12H3,(H,41,47)(H,42,48)/t25?,26-,27-,29+,30?,32?,33+,34+,35-,36-/m1/s1. The zero-order chi connectivity index (χ0) is 38.6. The number of carbonyl (C=O) groups is 4. The number of rotatable bonds is 20. The monoisotopic (exact) mass is 718 g/mol. The molecule has 1 heterocycles. The van der Waals surface area contributed by atoms with Crippen LogP contribution in [0.2, 0.25) is 0 Å². The Labute approximate surface area is 306 Å². The fourth-order valence-electron chi connectivity index (χ4n) is 7.42. The maximum atomic E-state index is 14.1. The van der Waals surface area contributed by atoms with Crippen LogP contribution in [0.1, 0.15) is 92.7 Å². The second-order valence-corrected chi connectivity index (χ2v) is 15.0.